The third kappa shape index (κ3) is 4.94. The van der Waals surface area contributed by atoms with E-state index in [2.05, 4.69) is 4.98 Å². The molecular weight excluding hydrogens is 383 g/mol. The van der Waals surface area contributed by atoms with Crippen molar-refractivity contribution in [2.75, 3.05) is 13.7 Å². The monoisotopic (exact) mass is 408 g/mol. The average Bonchev–Trinajstić information content (AvgIpc) is 2.94. The maximum atomic E-state index is 12.3. The molecular formula is C15H25N2O9P. The van der Waals surface area contributed by atoms with E-state index < -0.39 is 56.8 Å². The minimum atomic E-state index is -3.38. The number of rotatable bonds is 8. The SMILES string of the molecule is CO[C@@H](C)[C@@H](C)OC1[C@@H](O[PH](=O)O)[C@@H](CO)O[C@H]1n1cc(C)c(=O)[nH]c1=O. The standard InChI is InChI=1S/C15H25N2O9P/c1-7-5-17(15(20)16-13(7)19)14-12(24-9(3)8(2)23-4)11(26-27(21)22)10(6-18)25-14/h5,8-12,14,18,27H,6H2,1-4H3,(H,21,22)(H,16,19,20)/t8-,9+,10+,11-,12?,14+/m0/s1. The smallest absolute Gasteiger partial charge is 0.330 e. The number of nitrogens with one attached hydrogen (secondary N) is 1. The van der Waals surface area contributed by atoms with E-state index in [4.69, 9.17) is 18.7 Å². The van der Waals surface area contributed by atoms with E-state index in [1.54, 1.807) is 13.8 Å². The van der Waals surface area contributed by atoms with Crippen LogP contribution in [0, 0.1) is 6.92 Å². The fourth-order valence-electron chi connectivity index (χ4n) is 2.81. The fraction of sp³-hybridized carbons (Fsp3) is 0.733. The molecule has 0 radical (unpaired) electrons. The van der Waals surface area contributed by atoms with Crippen LogP contribution in [-0.4, -0.2) is 63.8 Å². The highest BCUT2D eigenvalue weighted by Crippen LogP contribution is 2.37. The Morgan fingerprint density at radius 2 is 2.00 bits per heavy atom. The van der Waals surface area contributed by atoms with Crippen molar-refractivity contribution in [1.82, 2.24) is 9.55 Å². The van der Waals surface area contributed by atoms with Gasteiger partial charge in [0.15, 0.2) is 6.23 Å². The zero-order valence-corrected chi connectivity index (χ0v) is 16.4. The van der Waals surface area contributed by atoms with Crippen LogP contribution in [-0.2, 0) is 23.3 Å². The van der Waals surface area contributed by atoms with Gasteiger partial charge in [0.1, 0.15) is 18.3 Å². The van der Waals surface area contributed by atoms with Gasteiger partial charge < -0.3 is 28.7 Å². The highest BCUT2D eigenvalue weighted by molar-refractivity contribution is 7.32. The first-order chi connectivity index (χ1) is 12.7. The van der Waals surface area contributed by atoms with Crippen molar-refractivity contribution >= 4 is 8.25 Å². The van der Waals surface area contributed by atoms with E-state index >= 15 is 0 Å². The number of aromatic nitrogens is 2. The van der Waals surface area contributed by atoms with Gasteiger partial charge in [-0.3, -0.25) is 18.9 Å². The lowest BCUT2D eigenvalue weighted by Gasteiger charge is -2.29. The predicted molar refractivity (Wildman–Crippen MR) is 94.0 cm³/mol. The van der Waals surface area contributed by atoms with Gasteiger partial charge in [0.25, 0.3) is 5.56 Å². The van der Waals surface area contributed by atoms with Gasteiger partial charge in [-0.15, -0.1) is 0 Å². The summed E-state index contributed by atoms with van der Waals surface area (Å²) in [6.07, 6.45) is -3.75. The first kappa shape index (κ1) is 22.0. The molecule has 2 heterocycles. The Bertz CT molecular complexity index is 779. The molecule has 0 amide bonds. The Hall–Kier alpha value is -1.33. The van der Waals surface area contributed by atoms with Gasteiger partial charge in [-0.05, 0) is 20.8 Å². The van der Waals surface area contributed by atoms with Crippen molar-refractivity contribution in [1.29, 1.82) is 0 Å². The molecule has 0 saturated carbocycles. The number of aryl methyl sites for hydroxylation is 1. The van der Waals surface area contributed by atoms with Gasteiger partial charge in [0, 0.05) is 18.9 Å². The molecule has 154 valence electrons. The first-order valence-corrected chi connectivity index (χ1v) is 9.62. The van der Waals surface area contributed by atoms with Crippen LogP contribution in [0.1, 0.15) is 25.6 Å². The van der Waals surface area contributed by atoms with E-state index in [-0.39, 0.29) is 11.7 Å². The summed E-state index contributed by atoms with van der Waals surface area (Å²) in [4.78, 5) is 35.3. The zero-order chi connectivity index (χ0) is 20.3. The number of aliphatic hydroxyl groups excluding tert-OH is 1. The number of nitrogens with zero attached hydrogens (tertiary/aromatic N) is 1. The lowest BCUT2D eigenvalue weighted by molar-refractivity contribution is -0.127. The molecule has 1 aliphatic rings. The van der Waals surface area contributed by atoms with Gasteiger partial charge in [0.2, 0.25) is 0 Å². The fourth-order valence-corrected chi connectivity index (χ4v) is 3.33. The third-order valence-electron chi connectivity index (χ3n) is 4.53. The number of aromatic amines is 1. The van der Waals surface area contributed by atoms with Crippen LogP contribution in [0.5, 0.6) is 0 Å². The summed E-state index contributed by atoms with van der Waals surface area (Å²) in [5.41, 5.74) is -1.03. The van der Waals surface area contributed by atoms with Crippen molar-refractivity contribution in [2.45, 2.75) is 57.5 Å². The Morgan fingerprint density at radius 1 is 1.33 bits per heavy atom. The molecule has 12 heteroatoms. The molecule has 0 aromatic carbocycles. The molecule has 0 aliphatic carbocycles. The highest BCUT2D eigenvalue weighted by Gasteiger charge is 2.49. The molecule has 1 fully saturated rings. The van der Waals surface area contributed by atoms with Crippen molar-refractivity contribution < 1.29 is 33.3 Å². The molecule has 3 N–H and O–H groups in total. The molecule has 0 spiro atoms. The van der Waals surface area contributed by atoms with Gasteiger partial charge >= 0.3 is 13.9 Å². The molecule has 11 nitrogen and oxygen atoms in total. The Morgan fingerprint density at radius 3 is 2.56 bits per heavy atom. The first-order valence-electron chi connectivity index (χ1n) is 8.35. The topological polar surface area (TPSA) is 149 Å². The molecule has 1 saturated heterocycles. The van der Waals surface area contributed by atoms with Crippen molar-refractivity contribution in [3.63, 3.8) is 0 Å². The summed E-state index contributed by atoms with van der Waals surface area (Å²) < 4.78 is 34.3. The minimum Gasteiger partial charge on any atom is -0.394 e. The van der Waals surface area contributed by atoms with Crippen LogP contribution >= 0.6 is 8.25 Å². The summed E-state index contributed by atoms with van der Waals surface area (Å²) in [7, 11) is -1.88. The largest absolute Gasteiger partial charge is 0.394 e. The normalized spacial score (nSPS) is 28.8. The van der Waals surface area contributed by atoms with Crippen LogP contribution in [0.25, 0.3) is 0 Å². The molecule has 2 rings (SSSR count). The molecule has 0 bridgehead atoms. The Kier molecular flexibility index (Phi) is 7.52. The van der Waals surface area contributed by atoms with Crippen LogP contribution < -0.4 is 11.2 Å². The second-order valence-electron chi connectivity index (χ2n) is 6.32. The van der Waals surface area contributed by atoms with Gasteiger partial charge in [-0.1, -0.05) is 0 Å². The van der Waals surface area contributed by atoms with Gasteiger partial charge in [0.05, 0.1) is 18.8 Å². The molecule has 2 unspecified atom stereocenters. The van der Waals surface area contributed by atoms with Gasteiger partial charge in [-0.2, -0.15) is 0 Å². The van der Waals surface area contributed by atoms with Crippen molar-refractivity contribution in [2.24, 2.45) is 0 Å². The summed E-state index contributed by atoms with van der Waals surface area (Å²) in [5.74, 6) is 0. The minimum absolute atomic E-state index is 0.260. The summed E-state index contributed by atoms with van der Waals surface area (Å²) in [5, 5.41) is 9.59. The number of aliphatic hydroxyl groups is 1. The predicted octanol–water partition coefficient (Wildman–Crippen LogP) is -0.689. The molecule has 27 heavy (non-hydrogen) atoms. The lowest BCUT2D eigenvalue weighted by Crippen LogP contribution is -2.43. The van der Waals surface area contributed by atoms with E-state index in [1.807, 2.05) is 0 Å². The van der Waals surface area contributed by atoms with Crippen molar-refractivity contribution in [3.05, 3.63) is 32.6 Å². The van der Waals surface area contributed by atoms with Crippen LogP contribution in [0.3, 0.4) is 0 Å². The number of H-pyrrole nitrogens is 1. The second kappa shape index (κ2) is 9.24. The van der Waals surface area contributed by atoms with Gasteiger partial charge in [-0.25, -0.2) is 4.79 Å². The lowest BCUT2D eigenvalue weighted by atomic mass is 10.1. The zero-order valence-electron chi connectivity index (χ0n) is 15.4. The Balaban J connectivity index is 2.46. The van der Waals surface area contributed by atoms with E-state index in [9.17, 15) is 24.2 Å². The third-order valence-corrected chi connectivity index (χ3v) is 5.00. The summed E-state index contributed by atoms with van der Waals surface area (Å²) >= 11 is 0. The number of methoxy groups -OCH3 is 1. The molecule has 1 aliphatic heterocycles. The van der Waals surface area contributed by atoms with Crippen molar-refractivity contribution in [3.8, 4) is 0 Å². The Labute approximate surface area is 155 Å². The summed E-state index contributed by atoms with van der Waals surface area (Å²) in [6.45, 7) is 4.47. The van der Waals surface area contributed by atoms with Crippen LogP contribution in [0.2, 0.25) is 0 Å². The quantitative estimate of drug-likeness (QED) is 0.475. The number of hydrogen-bond donors (Lipinski definition) is 3. The van der Waals surface area contributed by atoms with E-state index in [1.165, 1.54) is 20.2 Å². The molecule has 1 aromatic heterocycles. The van der Waals surface area contributed by atoms with E-state index in [0.717, 1.165) is 4.57 Å². The number of hydrogen-bond acceptors (Lipinski definition) is 8. The highest BCUT2D eigenvalue weighted by atomic mass is 31.1. The van der Waals surface area contributed by atoms with E-state index in [0.29, 0.717) is 0 Å². The second-order valence-corrected chi connectivity index (χ2v) is 7.09. The molecule has 7 atom stereocenters. The maximum Gasteiger partial charge on any atom is 0.330 e. The summed E-state index contributed by atoms with van der Waals surface area (Å²) in [6, 6.07) is 0. The number of ether oxygens (including phenoxy) is 3. The van der Waals surface area contributed by atoms with Crippen LogP contribution in [0.15, 0.2) is 15.8 Å². The maximum absolute atomic E-state index is 12.3. The molecule has 1 aromatic rings. The van der Waals surface area contributed by atoms with Crippen LogP contribution in [0.4, 0.5) is 0 Å². The average molecular weight is 408 g/mol.